The van der Waals surface area contributed by atoms with Crippen molar-refractivity contribution in [2.45, 2.75) is 12.8 Å². The van der Waals surface area contributed by atoms with Gasteiger partial charge in [-0.25, -0.2) is 4.98 Å². The molecule has 2 aromatic heterocycles. The Morgan fingerprint density at radius 1 is 1.31 bits per heavy atom. The number of anilines is 2. The molecule has 0 spiro atoms. The summed E-state index contributed by atoms with van der Waals surface area (Å²) in [5, 5.41) is 4.60. The van der Waals surface area contributed by atoms with Gasteiger partial charge in [-0.1, -0.05) is 11.6 Å². The van der Waals surface area contributed by atoms with Crippen LogP contribution in [0, 0.1) is 0 Å². The first kappa shape index (κ1) is 9.72. The highest BCUT2D eigenvalue weighted by molar-refractivity contribution is 6.33. The van der Waals surface area contributed by atoms with Gasteiger partial charge in [0.05, 0.1) is 6.20 Å². The average molecular weight is 238 g/mol. The van der Waals surface area contributed by atoms with Crippen LogP contribution in [0.1, 0.15) is 12.8 Å². The van der Waals surface area contributed by atoms with E-state index in [1.807, 2.05) is 6.07 Å². The lowest BCUT2D eigenvalue weighted by Gasteiger charge is -2.16. The minimum absolute atomic E-state index is 0.535. The number of rotatable bonds is 1. The highest BCUT2D eigenvalue weighted by atomic mass is 35.5. The summed E-state index contributed by atoms with van der Waals surface area (Å²) in [5.41, 5.74) is 6.54. The molecule has 0 aliphatic carbocycles. The largest absolute Gasteiger partial charge is 0.383 e. The molecule has 3 rings (SSSR count). The number of nitrogen functional groups attached to an aromatic ring is 1. The van der Waals surface area contributed by atoms with Crippen molar-refractivity contribution in [3.05, 3.63) is 17.3 Å². The van der Waals surface area contributed by atoms with Crippen LogP contribution in [-0.2, 0) is 0 Å². The second-order valence-corrected chi connectivity index (χ2v) is 4.37. The third kappa shape index (κ3) is 1.39. The van der Waals surface area contributed by atoms with Crippen molar-refractivity contribution in [1.82, 2.24) is 14.6 Å². The van der Waals surface area contributed by atoms with Gasteiger partial charge < -0.3 is 10.6 Å². The van der Waals surface area contributed by atoms with Crippen LogP contribution < -0.4 is 10.6 Å². The Labute approximate surface area is 97.8 Å². The van der Waals surface area contributed by atoms with Crippen LogP contribution in [0.25, 0.3) is 5.65 Å². The van der Waals surface area contributed by atoms with Gasteiger partial charge in [-0.15, -0.1) is 0 Å². The minimum atomic E-state index is 0.535. The van der Waals surface area contributed by atoms with Crippen molar-refractivity contribution in [2.24, 2.45) is 0 Å². The fraction of sp³-hybridized carbons (Fsp3) is 0.400. The lowest BCUT2D eigenvalue weighted by Crippen LogP contribution is -2.19. The summed E-state index contributed by atoms with van der Waals surface area (Å²) >= 11 is 6.00. The molecule has 0 bridgehead atoms. The number of aromatic nitrogens is 3. The molecular weight excluding hydrogens is 226 g/mol. The Bertz CT molecular complexity index is 529. The molecule has 5 nitrogen and oxygen atoms in total. The van der Waals surface area contributed by atoms with Crippen molar-refractivity contribution in [3.8, 4) is 0 Å². The van der Waals surface area contributed by atoms with E-state index in [0.717, 1.165) is 18.9 Å². The maximum absolute atomic E-state index is 6.00. The molecule has 6 heteroatoms. The van der Waals surface area contributed by atoms with Gasteiger partial charge in [-0.05, 0) is 12.8 Å². The Morgan fingerprint density at radius 2 is 2.06 bits per heavy atom. The Morgan fingerprint density at radius 3 is 2.81 bits per heavy atom. The average Bonchev–Trinajstić information content (AvgIpc) is 2.88. The van der Waals surface area contributed by atoms with Gasteiger partial charge in [0.2, 0.25) is 0 Å². The molecule has 1 saturated heterocycles. The molecular formula is C10H12ClN5. The van der Waals surface area contributed by atoms with E-state index in [0.29, 0.717) is 16.5 Å². The summed E-state index contributed by atoms with van der Waals surface area (Å²) in [6.45, 7) is 2.07. The lowest BCUT2D eigenvalue weighted by atomic mass is 10.4. The monoisotopic (exact) mass is 237 g/mol. The van der Waals surface area contributed by atoms with E-state index in [1.165, 1.54) is 12.8 Å². The molecule has 84 valence electrons. The molecule has 1 aliphatic heterocycles. The van der Waals surface area contributed by atoms with Crippen molar-refractivity contribution < 1.29 is 0 Å². The number of halogens is 1. The Hall–Kier alpha value is -1.49. The molecule has 16 heavy (non-hydrogen) atoms. The van der Waals surface area contributed by atoms with Gasteiger partial charge in [0.25, 0.3) is 0 Å². The molecule has 0 atom stereocenters. The van der Waals surface area contributed by atoms with Crippen LogP contribution in [0.5, 0.6) is 0 Å². The van der Waals surface area contributed by atoms with E-state index in [1.54, 1.807) is 10.7 Å². The molecule has 0 saturated carbocycles. The highest BCUT2D eigenvalue weighted by Crippen LogP contribution is 2.24. The summed E-state index contributed by atoms with van der Waals surface area (Å²) < 4.78 is 1.56. The predicted octanol–water partition coefficient (Wildman–Crippen LogP) is 1.57. The molecule has 1 fully saturated rings. The quantitative estimate of drug-likeness (QED) is 0.818. The third-order valence-electron chi connectivity index (χ3n) is 2.87. The van der Waals surface area contributed by atoms with E-state index in [2.05, 4.69) is 15.0 Å². The topological polar surface area (TPSA) is 59.5 Å². The van der Waals surface area contributed by atoms with Gasteiger partial charge in [0, 0.05) is 19.2 Å². The SMILES string of the molecule is Nc1cc(N2CCCC2)nc2c(Cl)cnn12. The van der Waals surface area contributed by atoms with Crippen molar-refractivity contribution >= 4 is 28.9 Å². The van der Waals surface area contributed by atoms with E-state index in [4.69, 9.17) is 17.3 Å². The molecule has 2 aromatic rings. The second-order valence-electron chi connectivity index (χ2n) is 3.96. The third-order valence-corrected chi connectivity index (χ3v) is 3.14. The highest BCUT2D eigenvalue weighted by Gasteiger charge is 2.16. The summed E-state index contributed by atoms with van der Waals surface area (Å²) in [5.74, 6) is 1.46. The maximum Gasteiger partial charge on any atom is 0.178 e. The fourth-order valence-corrected chi connectivity index (χ4v) is 2.22. The first-order valence-electron chi connectivity index (χ1n) is 5.30. The molecule has 1 aliphatic rings. The smallest absolute Gasteiger partial charge is 0.178 e. The second kappa shape index (κ2) is 3.52. The van der Waals surface area contributed by atoms with Crippen molar-refractivity contribution in [3.63, 3.8) is 0 Å². The van der Waals surface area contributed by atoms with Crippen LogP contribution in [0.2, 0.25) is 5.02 Å². The summed E-state index contributed by atoms with van der Waals surface area (Å²) in [4.78, 5) is 6.71. The predicted molar refractivity (Wildman–Crippen MR) is 63.9 cm³/mol. The minimum Gasteiger partial charge on any atom is -0.383 e. The fourth-order valence-electron chi connectivity index (χ4n) is 2.05. The first-order chi connectivity index (χ1) is 7.75. The molecule has 0 amide bonds. The summed E-state index contributed by atoms with van der Waals surface area (Å²) in [6, 6.07) is 1.85. The van der Waals surface area contributed by atoms with E-state index in [-0.39, 0.29) is 0 Å². The van der Waals surface area contributed by atoms with E-state index >= 15 is 0 Å². The zero-order valence-electron chi connectivity index (χ0n) is 8.73. The molecule has 0 radical (unpaired) electrons. The number of nitrogens with two attached hydrogens (primary N) is 1. The van der Waals surface area contributed by atoms with E-state index in [9.17, 15) is 0 Å². The number of nitrogens with zero attached hydrogens (tertiary/aromatic N) is 4. The lowest BCUT2D eigenvalue weighted by molar-refractivity contribution is 0.906. The maximum atomic E-state index is 6.00. The normalized spacial score (nSPS) is 16.2. The van der Waals surface area contributed by atoms with Crippen molar-refractivity contribution in [2.75, 3.05) is 23.7 Å². The van der Waals surface area contributed by atoms with Crippen LogP contribution in [-0.4, -0.2) is 27.7 Å². The van der Waals surface area contributed by atoms with Gasteiger partial charge in [0.1, 0.15) is 16.7 Å². The van der Waals surface area contributed by atoms with Crippen LogP contribution in [0.3, 0.4) is 0 Å². The van der Waals surface area contributed by atoms with Gasteiger partial charge >= 0.3 is 0 Å². The molecule has 0 unspecified atom stereocenters. The summed E-state index contributed by atoms with van der Waals surface area (Å²) in [7, 11) is 0. The van der Waals surface area contributed by atoms with Gasteiger partial charge in [-0.2, -0.15) is 9.61 Å². The molecule has 0 aromatic carbocycles. The number of hydrogen-bond acceptors (Lipinski definition) is 4. The first-order valence-corrected chi connectivity index (χ1v) is 5.68. The number of hydrogen-bond donors (Lipinski definition) is 1. The number of fused-ring (bicyclic) bond motifs is 1. The standard InChI is InChI=1S/C10H12ClN5/c11-7-6-13-16-8(12)5-9(14-10(7)16)15-3-1-2-4-15/h5-6H,1-4,12H2. The zero-order valence-corrected chi connectivity index (χ0v) is 9.48. The zero-order chi connectivity index (χ0) is 11.1. The Kier molecular flexibility index (Phi) is 2.14. The molecule has 3 heterocycles. The summed E-state index contributed by atoms with van der Waals surface area (Å²) in [6.07, 6.45) is 3.98. The van der Waals surface area contributed by atoms with Crippen molar-refractivity contribution in [1.29, 1.82) is 0 Å². The molecule has 2 N–H and O–H groups in total. The van der Waals surface area contributed by atoms with Gasteiger partial charge in [-0.3, -0.25) is 0 Å². The van der Waals surface area contributed by atoms with E-state index < -0.39 is 0 Å². The van der Waals surface area contributed by atoms with Gasteiger partial charge in [0.15, 0.2) is 5.65 Å². The van der Waals surface area contributed by atoms with Crippen LogP contribution >= 0.6 is 11.6 Å². The Balaban J connectivity index is 2.15. The van der Waals surface area contributed by atoms with Crippen LogP contribution in [0.4, 0.5) is 11.6 Å². The van der Waals surface area contributed by atoms with Crippen LogP contribution in [0.15, 0.2) is 12.3 Å².